The maximum absolute atomic E-state index is 13.8. The quantitative estimate of drug-likeness (QED) is 0.103. The molecule has 9 heteroatoms. The van der Waals surface area contributed by atoms with Crippen molar-refractivity contribution in [3.63, 3.8) is 0 Å². The zero-order valence-corrected chi connectivity index (χ0v) is 21.6. The first-order chi connectivity index (χ1) is 16.3. The third-order valence-corrected chi connectivity index (χ3v) is 5.46. The highest BCUT2D eigenvalue weighted by Crippen LogP contribution is 2.25. The van der Waals surface area contributed by atoms with E-state index in [0.29, 0.717) is 17.0 Å². The smallest absolute Gasteiger partial charge is 0.147 e. The van der Waals surface area contributed by atoms with E-state index in [1.807, 2.05) is 45.0 Å². The van der Waals surface area contributed by atoms with Crippen molar-refractivity contribution >= 4 is 40.0 Å². The number of carbonyl (C=O) groups excluding carboxylic acids is 1. The normalized spacial score (nSPS) is 12.4. The third-order valence-electron chi connectivity index (χ3n) is 4.47. The number of benzene rings is 2. The van der Waals surface area contributed by atoms with E-state index >= 15 is 0 Å². The predicted octanol–water partition coefficient (Wildman–Crippen LogP) is 4.93. The SMILES string of the molecule is C#C.C=O.CNCCCNC(C)/C=C(\Cc1cccc(Cl)c1)C(O)Nc1cc(F)c(Br)c(F)c1. The summed E-state index contributed by atoms with van der Waals surface area (Å²) >= 11 is 8.94. The average Bonchev–Trinajstić information content (AvgIpc) is 2.82. The topological polar surface area (TPSA) is 73.4 Å². The van der Waals surface area contributed by atoms with Gasteiger partial charge in [-0.05, 0) is 91.2 Å². The molecular formula is C25H31BrClF2N3O2. The maximum atomic E-state index is 13.8. The van der Waals surface area contributed by atoms with Crippen LogP contribution in [0.3, 0.4) is 0 Å². The molecule has 2 atom stereocenters. The Morgan fingerprint density at radius 1 is 1.21 bits per heavy atom. The highest BCUT2D eigenvalue weighted by molar-refractivity contribution is 9.10. The van der Waals surface area contributed by atoms with Crippen LogP contribution in [0.4, 0.5) is 14.5 Å². The van der Waals surface area contributed by atoms with Gasteiger partial charge in [-0.1, -0.05) is 29.8 Å². The number of nitrogens with one attached hydrogen (secondary N) is 3. The number of rotatable bonds is 11. The van der Waals surface area contributed by atoms with Gasteiger partial charge in [0.1, 0.15) is 24.7 Å². The van der Waals surface area contributed by atoms with Crippen LogP contribution >= 0.6 is 27.5 Å². The minimum absolute atomic E-state index is 0.00844. The van der Waals surface area contributed by atoms with Gasteiger partial charge >= 0.3 is 0 Å². The van der Waals surface area contributed by atoms with Crippen LogP contribution in [0.1, 0.15) is 18.9 Å². The minimum Gasteiger partial charge on any atom is -0.370 e. The van der Waals surface area contributed by atoms with Gasteiger partial charge in [-0.2, -0.15) is 0 Å². The molecule has 2 unspecified atom stereocenters. The van der Waals surface area contributed by atoms with Gasteiger partial charge in [0.05, 0.1) is 4.47 Å². The molecule has 0 radical (unpaired) electrons. The number of terminal acetylenes is 1. The number of carbonyl (C=O) groups is 1. The monoisotopic (exact) mass is 557 g/mol. The van der Waals surface area contributed by atoms with Gasteiger partial charge in [0.25, 0.3) is 0 Å². The summed E-state index contributed by atoms with van der Waals surface area (Å²) in [6, 6.07) is 9.62. The van der Waals surface area contributed by atoms with Crippen molar-refractivity contribution in [1.29, 1.82) is 0 Å². The number of hydrogen-bond donors (Lipinski definition) is 4. The Bertz CT molecular complexity index is 905. The summed E-state index contributed by atoms with van der Waals surface area (Å²) in [5, 5.41) is 20.7. The lowest BCUT2D eigenvalue weighted by Gasteiger charge is -2.21. The van der Waals surface area contributed by atoms with E-state index in [1.165, 1.54) is 0 Å². The zero-order chi connectivity index (χ0) is 26.1. The van der Waals surface area contributed by atoms with Crippen LogP contribution in [0, 0.1) is 24.5 Å². The zero-order valence-electron chi connectivity index (χ0n) is 19.3. The lowest BCUT2D eigenvalue weighted by atomic mass is 10.0. The Labute approximate surface area is 214 Å². The second kappa shape index (κ2) is 18.1. The molecular weight excluding hydrogens is 528 g/mol. The van der Waals surface area contributed by atoms with Crippen molar-refractivity contribution in [1.82, 2.24) is 10.6 Å². The molecule has 0 aliphatic heterocycles. The number of aliphatic hydroxyl groups is 1. The molecule has 0 aromatic heterocycles. The van der Waals surface area contributed by atoms with Crippen molar-refractivity contribution in [2.24, 2.45) is 0 Å². The van der Waals surface area contributed by atoms with Crippen molar-refractivity contribution in [2.45, 2.75) is 32.0 Å². The molecule has 186 valence electrons. The van der Waals surface area contributed by atoms with E-state index in [1.54, 1.807) is 6.07 Å². The summed E-state index contributed by atoms with van der Waals surface area (Å²) in [6.07, 6.45) is 10.2. The number of halogens is 4. The molecule has 5 nitrogen and oxygen atoms in total. The fraction of sp³-hybridized carbons (Fsp3) is 0.320. The van der Waals surface area contributed by atoms with E-state index in [-0.39, 0.29) is 16.2 Å². The number of anilines is 1. The number of hydrogen-bond acceptors (Lipinski definition) is 5. The molecule has 0 saturated carbocycles. The van der Waals surface area contributed by atoms with Gasteiger partial charge in [0, 0.05) is 16.8 Å². The molecule has 4 N–H and O–H groups in total. The molecule has 0 spiro atoms. The van der Waals surface area contributed by atoms with Crippen LogP contribution < -0.4 is 16.0 Å². The van der Waals surface area contributed by atoms with Crippen molar-refractivity contribution in [2.75, 3.05) is 25.5 Å². The van der Waals surface area contributed by atoms with Crippen molar-refractivity contribution < 1.29 is 18.7 Å². The first-order valence-electron chi connectivity index (χ1n) is 10.3. The van der Waals surface area contributed by atoms with Crippen LogP contribution in [0.25, 0.3) is 0 Å². The van der Waals surface area contributed by atoms with E-state index in [9.17, 15) is 13.9 Å². The van der Waals surface area contributed by atoms with E-state index in [2.05, 4.69) is 44.7 Å². The second-order valence-corrected chi connectivity index (χ2v) is 8.28. The van der Waals surface area contributed by atoms with Gasteiger partial charge < -0.3 is 25.9 Å². The Morgan fingerprint density at radius 3 is 2.38 bits per heavy atom. The molecule has 0 saturated heterocycles. The molecule has 0 aliphatic rings. The summed E-state index contributed by atoms with van der Waals surface area (Å²) in [5.41, 5.74) is 1.73. The van der Waals surface area contributed by atoms with Crippen LogP contribution in [-0.2, 0) is 11.2 Å². The van der Waals surface area contributed by atoms with E-state index < -0.39 is 17.9 Å². The van der Waals surface area contributed by atoms with Crippen LogP contribution in [0.2, 0.25) is 5.02 Å². The molecule has 0 amide bonds. The van der Waals surface area contributed by atoms with E-state index in [0.717, 1.165) is 37.2 Å². The molecule has 0 heterocycles. The number of aliphatic hydroxyl groups excluding tert-OH is 1. The first-order valence-corrected chi connectivity index (χ1v) is 11.5. The molecule has 2 aromatic carbocycles. The Morgan fingerprint density at radius 2 is 1.82 bits per heavy atom. The van der Waals surface area contributed by atoms with Gasteiger partial charge in [-0.3, -0.25) is 0 Å². The molecule has 0 fully saturated rings. The van der Waals surface area contributed by atoms with Gasteiger partial charge in [0.15, 0.2) is 0 Å². The summed E-state index contributed by atoms with van der Waals surface area (Å²) < 4.78 is 27.4. The van der Waals surface area contributed by atoms with Gasteiger partial charge in [-0.15, -0.1) is 12.8 Å². The third kappa shape index (κ3) is 11.7. The van der Waals surface area contributed by atoms with Crippen molar-refractivity contribution in [3.8, 4) is 12.8 Å². The lowest BCUT2D eigenvalue weighted by molar-refractivity contribution is -0.0980. The lowest BCUT2D eigenvalue weighted by Crippen LogP contribution is -2.30. The van der Waals surface area contributed by atoms with Crippen LogP contribution in [0.15, 0.2) is 52.5 Å². The maximum Gasteiger partial charge on any atom is 0.147 e. The minimum atomic E-state index is -1.13. The average molecular weight is 559 g/mol. The highest BCUT2D eigenvalue weighted by Gasteiger charge is 2.16. The summed E-state index contributed by atoms with van der Waals surface area (Å²) in [5.74, 6) is -1.49. The summed E-state index contributed by atoms with van der Waals surface area (Å²) in [7, 11) is 1.91. The predicted molar refractivity (Wildman–Crippen MR) is 140 cm³/mol. The standard InChI is InChI=1S/C22H27BrClF2N3O.C2H2.CH2O/c1-14(28-8-4-7-27-2)9-16(10-15-5-3-6-17(24)11-15)22(30)29-18-12-19(25)21(23)20(26)13-18;2*1-2/h3,5-6,9,11-14,22,27-30H,4,7-8,10H2,1-2H3;1-2H;1H2/b16-9+;;. The van der Waals surface area contributed by atoms with Gasteiger partial charge in [0.2, 0.25) is 0 Å². The van der Waals surface area contributed by atoms with Gasteiger partial charge in [-0.25, -0.2) is 8.78 Å². The molecule has 0 bridgehead atoms. The van der Waals surface area contributed by atoms with Crippen LogP contribution in [0.5, 0.6) is 0 Å². The Hall–Kier alpha value is -2.28. The molecule has 2 aromatic rings. The Balaban J connectivity index is 0.00000258. The summed E-state index contributed by atoms with van der Waals surface area (Å²) in [4.78, 5) is 8.00. The molecule has 2 rings (SSSR count). The van der Waals surface area contributed by atoms with Crippen LogP contribution in [-0.4, -0.2) is 44.3 Å². The highest BCUT2D eigenvalue weighted by atomic mass is 79.9. The largest absolute Gasteiger partial charge is 0.370 e. The second-order valence-electron chi connectivity index (χ2n) is 7.05. The molecule has 34 heavy (non-hydrogen) atoms. The van der Waals surface area contributed by atoms with E-state index in [4.69, 9.17) is 16.4 Å². The van der Waals surface area contributed by atoms with Crippen molar-refractivity contribution in [3.05, 3.63) is 74.7 Å². The Kier molecular flexibility index (Phi) is 16.9. The fourth-order valence-electron chi connectivity index (χ4n) is 2.99. The molecule has 0 aliphatic carbocycles. The fourth-order valence-corrected chi connectivity index (χ4v) is 3.44. The summed E-state index contributed by atoms with van der Waals surface area (Å²) in [6.45, 7) is 5.71. The first kappa shape index (κ1) is 31.7.